The number of sulfonamides is 1. The summed E-state index contributed by atoms with van der Waals surface area (Å²) >= 11 is 1.02. The molecule has 0 unspecified atom stereocenters. The molecule has 1 aliphatic rings. The number of hydrogen-bond donors (Lipinski definition) is 1. The summed E-state index contributed by atoms with van der Waals surface area (Å²) in [6.07, 6.45) is 0. The van der Waals surface area contributed by atoms with E-state index in [-0.39, 0.29) is 22.2 Å². The summed E-state index contributed by atoms with van der Waals surface area (Å²) in [5, 5.41) is 4.72. The molecule has 0 saturated carbocycles. The molecule has 1 aromatic rings. The van der Waals surface area contributed by atoms with Gasteiger partial charge in [0.05, 0.1) is 13.7 Å². The quantitative estimate of drug-likeness (QED) is 0.722. The molecular weight excluding hydrogens is 354 g/mol. The monoisotopic (exact) mass is 375 g/mol. The number of methoxy groups -OCH3 is 1. The van der Waals surface area contributed by atoms with Crippen molar-refractivity contribution in [2.75, 3.05) is 46.9 Å². The Morgan fingerprint density at radius 3 is 2.58 bits per heavy atom. The summed E-state index contributed by atoms with van der Waals surface area (Å²) in [7, 11) is -1.43. The second-order valence-electron chi connectivity index (χ2n) is 5.46. The van der Waals surface area contributed by atoms with Crippen molar-refractivity contribution in [3.05, 3.63) is 15.8 Å². The number of likely N-dealkylation sites (N-methyl/N-ethyl adjacent to an activating group) is 1. The van der Waals surface area contributed by atoms with Crippen LogP contribution in [0.1, 0.15) is 15.2 Å². The van der Waals surface area contributed by atoms with Crippen molar-refractivity contribution in [2.45, 2.75) is 11.8 Å². The average Bonchev–Trinajstić information content (AvgIpc) is 2.97. The normalized spacial score (nSPS) is 15.6. The van der Waals surface area contributed by atoms with Gasteiger partial charge in [0, 0.05) is 33.2 Å². The van der Waals surface area contributed by atoms with E-state index < -0.39 is 16.0 Å². The number of carbonyl (C=O) groups excluding carboxylic acids is 2. The molecule has 1 amide bonds. The van der Waals surface area contributed by atoms with Crippen molar-refractivity contribution >= 4 is 33.2 Å². The van der Waals surface area contributed by atoms with Gasteiger partial charge >= 0.3 is 5.97 Å². The minimum atomic E-state index is -3.97. The van der Waals surface area contributed by atoms with Crippen LogP contribution in [0.25, 0.3) is 0 Å². The summed E-state index contributed by atoms with van der Waals surface area (Å²) in [5.74, 6) is -0.955. The predicted molar refractivity (Wildman–Crippen MR) is 89.7 cm³/mol. The van der Waals surface area contributed by atoms with Gasteiger partial charge in [-0.2, -0.15) is 4.31 Å². The number of amides is 1. The Morgan fingerprint density at radius 2 is 2.00 bits per heavy atom. The zero-order chi connectivity index (χ0) is 17.9. The van der Waals surface area contributed by atoms with Gasteiger partial charge in [-0.05, 0) is 17.9 Å². The van der Waals surface area contributed by atoms with Crippen LogP contribution in [0.3, 0.4) is 0 Å². The second-order valence-corrected chi connectivity index (χ2v) is 8.32. The maximum atomic E-state index is 12.8. The second kappa shape index (κ2) is 7.60. The Morgan fingerprint density at radius 1 is 1.38 bits per heavy atom. The van der Waals surface area contributed by atoms with Crippen LogP contribution in [0.5, 0.6) is 0 Å². The minimum absolute atomic E-state index is 0.0245. The molecule has 0 spiro atoms. The van der Waals surface area contributed by atoms with Gasteiger partial charge in [-0.1, -0.05) is 0 Å². The minimum Gasteiger partial charge on any atom is -0.465 e. The topological polar surface area (TPSA) is 96.0 Å². The first-order valence-electron chi connectivity index (χ1n) is 7.40. The van der Waals surface area contributed by atoms with Gasteiger partial charge in [0.1, 0.15) is 9.77 Å². The molecule has 0 radical (unpaired) electrons. The average molecular weight is 375 g/mol. The first-order chi connectivity index (χ1) is 11.3. The zero-order valence-corrected chi connectivity index (χ0v) is 15.5. The maximum absolute atomic E-state index is 12.8. The molecule has 24 heavy (non-hydrogen) atoms. The number of rotatable bonds is 5. The molecule has 10 heteroatoms. The van der Waals surface area contributed by atoms with Crippen molar-refractivity contribution in [1.82, 2.24) is 14.5 Å². The lowest BCUT2D eigenvalue weighted by Crippen LogP contribution is -2.49. The van der Waals surface area contributed by atoms with Crippen molar-refractivity contribution in [3.63, 3.8) is 0 Å². The molecule has 2 heterocycles. The van der Waals surface area contributed by atoms with E-state index in [4.69, 9.17) is 0 Å². The van der Waals surface area contributed by atoms with E-state index >= 15 is 0 Å². The van der Waals surface area contributed by atoms with E-state index in [1.54, 1.807) is 17.2 Å². The molecule has 0 aromatic carbocycles. The Hall–Kier alpha value is -1.49. The van der Waals surface area contributed by atoms with Crippen LogP contribution in [0.15, 0.2) is 10.3 Å². The fourth-order valence-electron chi connectivity index (χ4n) is 2.43. The number of esters is 1. The third kappa shape index (κ3) is 3.77. The lowest BCUT2D eigenvalue weighted by Gasteiger charge is -2.29. The molecule has 0 atom stereocenters. The van der Waals surface area contributed by atoms with Crippen LogP contribution in [-0.4, -0.2) is 76.4 Å². The molecule has 1 N–H and O–H groups in total. The van der Waals surface area contributed by atoms with Crippen molar-refractivity contribution in [2.24, 2.45) is 0 Å². The highest BCUT2D eigenvalue weighted by Gasteiger charge is 2.32. The number of nitrogens with one attached hydrogen (secondary N) is 1. The Bertz CT molecular complexity index is 723. The van der Waals surface area contributed by atoms with Gasteiger partial charge in [0.25, 0.3) is 0 Å². The highest BCUT2D eigenvalue weighted by atomic mass is 32.2. The molecule has 1 aliphatic heterocycles. The lowest BCUT2D eigenvalue weighted by molar-refractivity contribution is -0.131. The molecule has 1 fully saturated rings. The summed E-state index contributed by atoms with van der Waals surface area (Å²) in [6, 6.07) is 0. The number of aryl methyl sites for hydroxylation is 1. The van der Waals surface area contributed by atoms with Crippen LogP contribution in [-0.2, 0) is 19.6 Å². The summed E-state index contributed by atoms with van der Waals surface area (Å²) in [6.45, 7) is 3.84. The van der Waals surface area contributed by atoms with Crippen molar-refractivity contribution < 1.29 is 22.7 Å². The number of ether oxygens (including phenoxy) is 1. The maximum Gasteiger partial charge on any atom is 0.349 e. The molecule has 0 bridgehead atoms. The molecule has 134 valence electrons. The van der Waals surface area contributed by atoms with Gasteiger partial charge in [-0.25, -0.2) is 13.2 Å². The fraction of sp³-hybridized carbons (Fsp3) is 0.571. The SMILES string of the molecule is COC(=O)c1scc(C)c1S(=O)(=O)N(C)CC(=O)N1CCNCC1. The third-order valence-corrected chi connectivity index (χ3v) is 6.98. The summed E-state index contributed by atoms with van der Waals surface area (Å²) < 4.78 is 31.3. The zero-order valence-electron chi connectivity index (χ0n) is 13.9. The molecule has 1 saturated heterocycles. The number of thiophene rings is 1. The third-order valence-electron chi connectivity index (χ3n) is 3.78. The van der Waals surface area contributed by atoms with Gasteiger partial charge in [0.15, 0.2) is 0 Å². The summed E-state index contributed by atoms with van der Waals surface area (Å²) in [4.78, 5) is 25.7. The Labute approximate surface area is 145 Å². The smallest absolute Gasteiger partial charge is 0.349 e. The van der Waals surface area contributed by atoms with Gasteiger partial charge in [-0.3, -0.25) is 4.79 Å². The van der Waals surface area contributed by atoms with Crippen LogP contribution in [0, 0.1) is 6.92 Å². The largest absolute Gasteiger partial charge is 0.465 e. The van der Waals surface area contributed by atoms with E-state index in [0.29, 0.717) is 31.7 Å². The number of hydrogen-bond acceptors (Lipinski definition) is 7. The van der Waals surface area contributed by atoms with E-state index in [9.17, 15) is 18.0 Å². The number of nitrogens with zero attached hydrogens (tertiary/aromatic N) is 2. The van der Waals surface area contributed by atoms with Gasteiger partial charge < -0.3 is 15.0 Å². The molecular formula is C14H21N3O5S2. The van der Waals surface area contributed by atoms with Gasteiger partial charge in [-0.15, -0.1) is 11.3 Å². The van der Waals surface area contributed by atoms with E-state index in [1.165, 1.54) is 14.2 Å². The predicted octanol–water partition coefficient (Wildman–Crippen LogP) is -0.105. The highest BCUT2D eigenvalue weighted by Crippen LogP contribution is 2.29. The Kier molecular flexibility index (Phi) is 5.97. The van der Waals surface area contributed by atoms with Crippen LogP contribution < -0.4 is 5.32 Å². The molecule has 1 aromatic heterocycles. The standard InChI is InChI=1S/C14H21N3O5S2/c1-10-9-23-12(14(19)22-3)13(10)24(20,21)16(2)8-11(18)17-6-4-15-5-7-17/h9,15H,4-8H2,1-3H3. The van der Waals surface area contributed by atoms with Gasteiger partial charge in [0.2, 0.25) is 15.9 Å². The molecule has 2 rings (SSSR count). The van der Waals surface area contributed by atoms with E-state index in [0.717, 1.165) is 15.6 Å². The number of carbonyl (C=O) groups is 2. The number of piperazine rings is 1. The molecule has 0 aliphatic carbocycles. The highest BCUT2D eigenvalue weighted by molar-refractivity contribution is 7.89. The first-order valence-corrected chi connectivity index (χ1v) is 9.72. The van der Waals surface area contributed by atoms with E-state index in [1.807, 2.05) is 0 Å². The molecule has 8 nitrogen and oxygen atoms in total. The van der Waals surface area contributed by atoms with Crippen molar-refractivity contribution in [1.29, 1.82) is 0 Å². The van der Waals surface area contributed by atoms with Crippen LogP contribution in [0.4, 0.5) is 0 Å². The van der Waals surface area contributed by atoms with E-state index in [2.05, 4.69) is 10.1 Å². The fourth-order valence-corrected chi connectivity index (χ4v) is 5.20. The van der Waals surface area contributed by atoms with Crippen LogP contribution in [0.2, 0.25) is 0 Å². The van der Waals surface area contributed by atoms with Crippen LogP contribution >= 0.6 is 11.3 Å². The summed E-state index contributed by atoms with van der Waals surface area (Å²) in [5.41, 5.74) is 0.460. The first kappa shape index (κ1) is 18.8. The lowest BCUT2D eigenvalue weighted by atomic mass is 10.3. The van der Waals surface area contributed by atoms with Crippen molar-refractivity contribution in [3.8, 4) is 0 Å². The Balaban J connectivity index is 2.22.